The molecule has 2 rings (SSSR count). The van der Waals surface area contributed by atoms with Crippen LogP contribution < -0.4 is 0 Å². The largest absolute Gasteiger partial charge is 0.479 e. The highest BCUT2D eigenvalue weighted by Crippen LogP contribution is 2.26. The monoisotopic (exact) mass is 298 g/mol. The summed E-state index contributed by atoms with van der Waals surface area (Å²) in [4.78, 5) is 11.0. The van der Waals surface area contributed by atoms with Crippen LogP contribution in [0.5, 0.6) is 0 Å². The molecule has 20 heavy (non-hydrogen) atoms. The Kier molecular flexibility index (Phi) is 3.88. The third-order valence-electron chi connectivity index (χ3n) is 3.44. The first-order valence-corrected chi connectivity index (χ1v) is 7.94. The van der Waals surface area contributed by atoms with Crippen molar-refractivity contribution in [3.8, 4) is 0 Å². The Morgan fingerprint density at radius 3 is 2.40 bits per heavy atom. The molecule has 0 spiro atoms. The van der Waals surface area contributed by atoms with E-state index in [9.17, 15) is 13.2 Å². The van der Waals surface area contributed by atoms with Gasteiger partial charge in [0.1, 0.15) is 0 Å². The smallest absolute Gasteiger partial charge is 0.336 e. The van der Waals surface area contributed by atoms with E-state index in [0.29, 0.717) is 0 Å². The summed E-state index contributed by atoms with van der Waals surface area (Å²) in [6, 6.07) is 4.87. The Morgan fingerprint density at radius 1 is 1.20 bits per heavy atom. The highest BCUT2D eigenvalue weighted by molar-refractivity contribution is 7.86. The molecule has 0 radical (unpaired) electrons. The molecule has 0 heterocycles. The first-order valence-electron chi connectivity index (χ1n) is 6.53. The minimum absolute atomic E-state index is 0.0208. The van der Waals surface area contributed by atoms with Crippen LogP contribution in [-0.2, 0) is 31.9 Å². The average Bonchev–Trinajstić information content (AvgIpc) is 2.36. The number of carbonyl (C=O) groups is 1. The van der Waals surface area contributed by atoms with Crippen LogP contribution in [0.15, 0.2) is 23.1 Å². The maximum absolute atomic E-state index is 12.2. The van der Waals surface area contributed by atoms with Gasteiger partial charge in [0.15, 0.2) is 5.60 Å². The molecule has 0 saturated heterocycles. The van der Waals surface area contributed by atoms with E-state index >= 15 is 0 Å². The van der Waals surface area contributed by atoms with E-state index in [0.717, 1.165) is 36.8 Å². The quantitative estimate of drug-likeness (QED) is 0.861. The van der Waals surface area contributed by atoms with Gasteiger partial charge in [0.25, 0.3) is 10.1 Å². The number of aliphatic carboxylic acids is 1. The van der Waals surface area contributed by atoms with Gasteiger partial charge in [0.05, 0.1) is 4.90 Å². The minimum atomic E-state index is -4.08. The number of hydrogen-bond acceptors (Lipinski definition) is 4. The molecule has 0 saturated carbocycles. The van der Waals surface area contributed by atoms with Gasteiger partial charge in [0.2, 0.25) is 0 Å². The SMILES string of the molecule is CC(C)(OS(=O)(=O)c1ccc2c(c1)CCCC2)C(=O)O. The highest BCUT2D eigenvalue weighted by Gasteiger charge is 2.35. The van der Waals surface area contributed by atoms with Crippen LogP contribution in [0, 0.1) is 0 Å². The number of carboxylic acids is 1. The fourth-order valence-corrected chi connectivity index (χ4v) is 3.46. The maximum atomic E-state index is 12.2. The predicted molar refractivity (Wildman–Crippen MR) is 73.1 cm³/mol. The van der Waals surface area contributed by atoms with Gasteiger partial charge >= 0.3 is 5.97 Å². The predicted octanol–water partition coefficient (Wildman–Crippen LogP) is 2.13. The van der Waals surface area contributed by atoms with Crippen LogP contribution >= 0.6 is 0 Å². The molecule has 0 aromatic heterocycles. The van der Waals surface area contributed by atoms with E-state index in [1.54, 1.807) is 12.1 Å². The molecule has 1 aromatic carbocycles. The normalized spacial score (nSPS) is 15.7. The Labute approximate surface area is 118 Å². The first kappa shape index (κ1) is 15.0. The van der Waals surface area contributed by atoms with Gasteiger partial charge in [0, 0.05) is 0 Å². The van der Waals surface area contributed by atoms with Crippen LogP contribution in [0.2, 0.25) is 0 Å². The fraction of sp³-hybridized carbons (Fsp3) is 0.500. The molecule has 0 unspecified atom stereocenters. The fourth-order valence-electron chi connectivity index (χ4n) is 2.22. The average molecular weight is 298 g/mol. The molecule has 0 amide bonds. The van der Waals surface area contributed by atoms with E-state index in [1.165, 1.54) is 19.9 Å². The number of carboxylic acid groups (broad SMARTS) is 1. The van der Waals surface area contributed by atoms with Crippen molar-refractivity contribution in [3.05, 3.63) is 29.3 Å². The number of hydrogen-bond donors (Lipinski definition) is 1. The van der Waals surface area contributed by atoms with Crippen molar-refractivity contribution in [2.75, 3.05) is 0 Å². The molecule has 6 heteroatoms. The molecule has 0 fully saturated rings. The minimum Gasteiger partial charge on any atom is -0.479 e. The van der Waals surface area contributed by atoms with Gasteiger partial charge in [-0.25, -0.2) is 8.98 Å². The molecule has 5 nitrogen and oxygen atoms in total. The molecular weight excluding hydrogens is 280 g/mol. The van der Waals surface area contributed by atoms with Crippen LogP contribution in [0.1, 0.15) is 37.8 Å². The first-order chi connectivity index (χ1) is 9.22. The lowest BCUT2D eigenvalue weighted by Crippen LogP contribution is -2.37. The lowest BCUT2D eigenvalue weighted by atomic mass is 9.92. The van der Waals surface area contributed by atoms with E-state index in [1.807, 2.05) is 0 Å². The summed E-state index contributed by atoms with van der Waals surface area (Å²) in [6.45, 7) is 2.43. The topological polar surface area (TPSA) is 80.7 Å². The van der Waals surface area contributed by atoms with Gasteiger partial charge in [-0.05, 0) is 62.8 Å². The molecular formula is C14H18O5S. The van der Waals surface area contributed by atoms with Crippen LogP contribution in [0.25, 0.3) is 0 Å². The molecule has 110 valence electrons. The Morgan fingerprint density at radius 2 is 1.80 bits per heavy atom. The molecule has 0 aliphatic heterocycles. The number of aryl methyl sites for hydroxylation is 2. The van der Waals surface area contributed by atoms with Crippen molar-refractivity contribution in [3.63, 3.8) is 0 Å². The van der Waals surface area contributed by atoms with E-state index < -0.39 is 21.7 Å². The molecule has 1 N–H and O–H groups in total. The van der Waals surface area contributed by atoms with E-state index in [2.05, 4.69) is 0 Å². The summed E-state index contributed by atoms with van der Waals surface area (Å²) < 4.78 is 29.1. The van der Waals surface area contributed by atoms with Gasteiger partial charge < -0.3 is 5.11 Å². The van der Waals surface area contributed by atoms with Crippen molar-refractivity contribution >= 4 is 16.1 Å². The van der Waals surface area contributed by atoms with Crippen molar-refractivity contribution in [1.82, 2.24) is 0 Å². The summed E-state index contributed by atoms with van der Waals surface area (Å²) in [5.74, 6) is -1.32. The Balaban J connectivity index is 2.33. The van der Waals surface area contributed by atoms with Gasteiger partial charge in [-0.15, -0.1) is 0 Å². The summed E-state index contributed by atoms with van der Waals surface area (Å²) >= 11 is 0. The standard InChI is InChI=1S/C14H18O5S/c1-14(2,13(15)16)19-20(17,18)12-8-7-10-5-3-4-6-11(10)9-12/h7-9H,3-6H2,1-2H3,(H,15,16). The Hall–Kier alpha value is -1.40. The van der Waals surface area contributed by atoms with Crippen LogP contribution in [0.3, 0.4) is 0 Å². The molecule has 1 aromatic rings. The molecule has 1 aliphatic carbocycles. The summed E-state index contributed by atoms with van der Waals surface area (Å²) in [7, 11) is -4.08. The van der Waals surface area contributed by atoms with Crippen LogP contribution in [-0.4, -0.2) is 25.1 Å². The van der Waals surface area contributed by atoms with Gasteiger partial charge in [-0.2, -0.15) is 8.42 Å². The number of rotatable bonds is 4. The van der Waals surface area contributed by atoms with E-state index in [-0.39, 0.29) is 4.90 Å². The highest BCUT2D eigenvalue weighted by atomic mass is 32.2. The van der Waals surface area contributed by atoms with E-state index in [4.69, 9.17) is 9.29 Å². The zero-order valence-corrected chi connectivity index (χ0v) is 12.4. The third-order valence-corrected chi connectivity index (χ3v) is 4.91. The number of fused-ring (bicyclic) bond motifs is 1. The molecule has 0 atom stereocenters. The summed E-state index contributed by atoms with van der Waals surface area (Å²) in [6.07, 6.45) is 3.96. The van der Waals surface area contributed by atoms with Crippen LogP contribution in [0.4, 0.5) is 0 Å². The molecule has 1 aliphatic rings. The Bertz CT molecular complexity index is 631. The van der Waals surface area contributed by atoms with Gasteiger partial charge in [-0.3, -0.25) is 0 Å². The summed E-state index contributed by atoms with van der Waals surface area (Å²) in [5, 5.41) is 8.95. The van der Waals surface area contributed by atoms with Crippen molar-refractivity contribution in [2.24, 2.45) is 0 Å². The number of benzene rings is 1. The van der Waals surface area contributed by atoms with Crippen molar-refractivity contribution in [1.29, 1.82) is 0 Å². The van der Waals surface area contributed by atoms with Gasteiger partial charge in [-0.1, -0.05) is 6.07 Å². The van der Waals surface area contributed by atoms with Crippen molar-refractivity contribution < 1.29 is 22.5 Å². The summed E-state index contributed by atoms with van der Waals surface area (Å²) in [5.41, 5.74) is 0.385. The second-order valence-electron chi connectivity index (χ2n) is 5.49. The lowest BCUT2D eigenvalue weighted by Gasteiger charge is -2.21. The zero-order valence-electron chi connectivity index (χ0n) is 11.5. The van der Waals surface area contributed by atoms with Crippen molar-refractivity contribution in [2.45, 2.75) is 50.0 Å². The second kappa shape index (κ2) is 5.18. The second-order valence-corrected chi connectivity index (χ2v) is 7.04. The lowest BCUT2D eigenvalue weighted by molar-refractivity contribution is -0.151. The molecule has 0 bridgehead atoms. The maximum Gasteiger partial charge on any atom is 0.336 e. The third kappa shape index (κ3) is 3.02. The zero-order chi connectivity index (χ0) is 15.0.